The molecule has 0 aliphatic rings. The van der Waals surface area contributed by atoms with Crippen molar-refractivity contribution in [3.05, 3.63) is 63.1 Å². The molecule has 0 saturated heterocycles. The highest BCUT2D eigenvalue weighted by Crippen LogP contribution is 2.19. The molecule has 2 amide bonds. The van der Waals surface area contributed by atoms with Gasteiger partial charge in [0.2, 0.25) is 11.8 Å². The molecular formula is C18H17BrClN3O2. The molecule has 0 atom stereocenters. The number of hydrogen-bond acceptors (Lipinski definition) is 3. The third kappa shape index (κ3) is 6.68. The number of halogens is 2. The van der Waals surface area contributed by atoms with E-state index < -0.39 is 0 Å². The Balaban J connectivity index is 1.76. The SMILES string of the molecule is Cc1cc(Cl)ccc1NC(=O)CCC(=O)NN=Cc1cccc(Br)c1. The summed E-state index contributed by atoms with van der Waals surface area (Å²) in [6.07, 6.45) is 1.66. The number of hydrazone groups is 1. The molecule has 2 aromatic carbocycles. The van der Waals surface area contributed by atoms with Gasteiger partial charge >= 0.3 is 0 Å². The van der Waals surface area contributed by atoms with E-state index in [1.165, 1.54) is 0 Å². The average Bonchev–Trinajstić information content (AvgIpc) is 2.56. The molecule has 0 heterocycles. The van der Waals surface area contributed by atoms with Crippen molar-refractivity contribution < 1.29 is 9.59 Å². The Morgan fingerprint density at radius 2 is 1.92 bits per heavy atom. The van der Waals surface area contributed by atoms with E-state index in [1.807, 2.05) is 31.2 Å². The van der Waals surface area contributed by atoms with E-state index in [0.29, 0.717) is 10.7 Å². The average molecular weight is 423 g/mol. The van der Waals surface area contributed by atoms with Crippen molar-refractivity contribution in [3.8, 4) is 0 Å². The van der Waals surface area contributed by atoms with E-state index in [0.717, 1.165) is 15.6 Å². The van der Waals surface area contributed by atoms with E-state index >= 15 is 0 Å². The maximum atomic E-state index is 11.9. The fourth-order valence-corrected chi connectivity index (χ4v) is 2.67. The zero-order valence-electron chi connectivity index (χ0n) is 13.6. The quantitative estimate of drug-likeness (QED) is 0.539. The minimum atomic E-state index is -0.325. The summed E-state index contributed by atoms with van der Waals surface area (Å²) in [5.41, 5.74) is 4.81. The number of benzene rings is 2. The van der Waals surface area contributed by atoms with Crippen LogP contribution in [0.4, 0.5) is 5.69 Å². The molecule has 130 valence electrons. The molecule has 7 heteroatoms. The first kappa shape index (κ1) is 19.1. The van der Waals surface area contributed by atoms with Gasteiger partial charge in [0.1, 0.15) is 0 Å². The van der Waals surface area contributed by atoms with Crippen LogP contribution >= 0.6 is 27.5 Å². The zero-order valence-corrected chi connectivity index (χ0v) is 15.9. The molecule has 0 saturated carbocycles. The minimum Gasteiger partial charge on any atom is -0.326 e. The molecule has 25 heavy (non-hydrogen) atoms. The lowest BCUT2D eigenvalue weighted by molar-refractivity contribution is -0.124. The van der Waals surface area contributed by atoms with Gasteiger partial charge in [0.15, 0.2) is 0 Å². The van der Waals surface area contributed by atoms with Gasteiger partial charge in [-0.15, -0.1) is 0 Å². The maximum absolute atomic E-state index is 11.9. The molecule has 0 bridgehead atoms. The van der Waals surface area contributed by atoms with Crippen molar-refractivity contribution in [2.75, 3.05) is 5.32 Å². The van der Waals surface area contributed by atoms with Crippen molar-refractivity contribution in [2.24, 2.45) is 5.10 Å². The second kappa shape index (κ2) is 9.34. The predicted molar refractivity (Wildman–Crippen MR) is 104 cm³/mol. The summed E-state index contributed by atoms with van der Waals surface area (Å²) in [6.45, 7) is 1.85. The molecular weight excluding hydrogens is 406 g/mol. The summed E-state index contributed by atoms with van der Waals surface area (Å²) in [5.74, 6) is -0.564. The molecule has 0 aliphatic heterocycles. The van der Waals surface area contributed by atoms with Gasteiger partial charge in [-0.2, -0.15) is 5.10 Å². The van der Waals surface area contributed by atoms with Crippen molar-refractivity contribution >= 4 is 51.2 Å². The summed E-state index contributed by atoms with van der Waals surface area (Å²) < 4.78 is 0.928. The van der Waals surface area contributed by atoms with E-state index in [1.54, 1.807) is 24.4 Å². The van der Waals surface area contributed by atoms with Crippen molar-refractivity contribution in [3.63, 3.8) is 0 Å². The third-order valence-corrected chi connectivity index (χ3v) is 4.02. The van der Waals surface area contributed by atoms with Crippen LogP contribution in [0.1, 0.15) is 24.0 Å². The van der Waals surface area contributed by atoms with Gasteiger partial charge in [-0.1, -0.05) is 39.7 Å². The summed E-state index contributed by atoms with van der Waals surface area (Å²) in [6, 6.07) is 12.7. The van der Waals surface area contributed by atoms with Crippen LogP contribution in [0.5, 0.6) is 0 Å². The summed E-state index contributed by atoms with van der Waals surface area (Å²) >= 11 is 9.24. The van der Waals surface area contributed by atoms with Gasteiger partial charge in [-0.3, -0.25) is 9.59 Å². The lowest BCUT2D eigenvalue weighted by atomic mass is 10.2. The number of nitrogens with one attached hydrogen (secondary N) is 2. The Bertz CT molecular complexity index is 809. The van der Waals surface area contributed by atoms with Crippen LogP contribution in [-0.4, -0.2) is 18.0 Å². The zero-order chi connectivity index (χ0) is 18.2. The van der Waals surface area contributed by atoms with Crippen LogP contribution in [0, 0.1) is 6.92 Å². The first-order valence-corrected chi connectivity index (χ1v) is 8.74. The van der Waals surface area contributed by atoms with Gasteiger partial charge in [0, 0.05) is 28.0 Å². The molecule has 0 unspecified atom stereocenters. The molecule has 0 spiro atoms. The second-order valence-electron chi connectivity index (χ2n) is 5.36. The first-order valence-electron chi connectivity index (χ1n) is 7.57. The topological polar surface area (TPSA) is 70.6 Å². The largest absolute Gasteiger partial charge is 0.326 e. The summed E-state index contributed by atoms with van der Waals surface area (Å²) in [5, 5.41) is 7.25. The van der Waals surface area contributed by atoms with E-state index in [2.05, 4.69) is 31.8 Å². The Labute approximate surface area is 159 Å². The Hall–Kier alpha value is -2.18. The Morgan fingerprint density at radius 1 is 1.16 bits per heavy atom. The van der Waals surface area contributed by atoms with Crippen LogP contribution in [0.15, 0.2) is 52.0 Å². The van der Waals surface area contributed by atoms with Gasteiger partial charge in [0.05, 0.1) is 6.21 Å². The van der Waals surface area contributed by atoms with Crippen LogP contribution in [0.3, 0.4) is 0 Å². The number of nitrogens with zero attached hydrogens (tertiary/aromatic N) is 1. The van der Waals surface area contributed by atoms with Crippen molar-refractivity contribution in [1.29, 1.82) is 0 Å². The summed E-state index contributed by atoms with van der Waals surface area (Å²) in [7, 11) is 0. The molecule has 5 nitrogen and oxygen atoms in total. The number of carbonyl (C=O) groups is 2. The van der Waals surface area contributed by atoms with Gasteiger partial charge < -0.3 is 5.32 Å². The molecule has 0 aliphatic carbocycles. The smallest absolute Gasteiger partial charge is 0.240 e. The number of anilines is 1. The molecule has 2 rings (SSSR count). The number of hydrogen-bond donors (Lipinski definition) is 2. The third-order valence-electron chi connectivity index (χ3n) is 3.29. The van der Waals surface area contributed by atoms with Crippen LogP contribution in [0.25, 0.3) is 0 Å². The lowest BCUT2D eigenvalue weighted by Gasteiger charge is -2.08. The van der Waals surface area contributed by atoms with Crippen molar-refractivity contribution in [1.82, 2.24) is 5.43 Å². The van der Waals surface area contributed by atoms with Crippen LogP contribution in [-0.2, 0) is 9.59 Å². The van der Waals surface area contributed by atoms with Gasteiger partial charge in [-0.05, 0) is 48.4 Å². The highest BCUT2D eigenvalue weighted by Gasteiger charge is 2.08. The van der Waals surface area contributed by atoms with Crippen LogP contribution in [0.2, 0.25) is 5.02 Å². The monoisotopic (exact) mass is 421 g/mol. The predicted octanol–water partition coefficient (Wildman–Crippen LogP) is 4.28. The van der Waals surface area contributed by atoms with E-state index in [-0.39, 0.29) is 24.7 Å². The Kier molecular flexibility index (Phi) is 7.16. The first-order chi connectivity index (χ1) is 11.9. The number of rotatable bonds is 6. The number of amides is 2. The van der Waals surface area contributed by atoms with E-state index in [4.69, 9.17) is 11.6 Å². The fraction of sp³-hybridized carbons (Fsp3) is 0.167. The number of carbonyl (C=O) groups excluding carboxylic acids is 2. The minimum absolute atomic E-state index is 0.0499. The van der Waals surface area contributed by atoms with Gasteiger partial charge in [-0.25, -0.2) is 5.43 Å². The molecule has 2 N–H and O–H groups in total. The van der Waals surface area contributed by atoms with Gasteiger partial charge in [0.25, 0.3) is 0 Å². The lowest BCUT2D eigenvalue weighted by Crippen LogP contribution is -2.20. The van der Waals surface area contributed by atoms with Crippen LogP contribution < -0.4 is 10.7 Å². The fourth-order valence-electron chi connectivity index (χ4n) is 2.03. The normalized spacial score (nSPS) is 10.7. The Morgan fingerprint density at radius 3 is 2.64 bits per heavy atom. The molecule has 0 aromatic heterocycles. The highest BCUT2D eigenvalue weighted by atomic mass is 79.9. The number of aryl methyl sites for hydroxylation is 1. The maximum Gasteiger partial charge on any atom is 0.240 e. The van der Waals surface area contributed by atoms with Crippen molar-refractivity contribution in [2.45, 2.75) is 19.8 Å². The molecule has 0 radical (unpaired) electrons. The highest BCUT2D eigenvalue weighted by molar-refractivity contribution is 9.10. The summed E-state index contributed by atoms with van der Waals surface area (Å²) in [4.78, 5) is 23.7. The standard InChI is InChI=1S/C18H17BrClN3O2/c1-12-9-15(20)5-6-16(12)22-17(24)7-8-18(25)23-21-11-13-3-2-4-14(19)10-13/h2-6,9-11H,7-8H2,1H3,(H,22,24)(H,23,25). The molecule has 2 aromatic rings. The molecule has 0 fully saturated rings. The second-order valence-corrected chi connectivity index (χ2v) is 6.71. The van der Waals surface area contributed by atoms with E-state index in [9.17, 15) is 9.59 Å².